The topological polar surface area (TPSA) is 116 Å². The fourth-order valence-corrected chi connectivity index (χ4v) is 2.92. The van der Waals surface area contributed by atoms with Gasteiger partial charge in [-0.2, -0.15) is 0 Å². The van der Waals surface area contributed by atoms with Crippen LogP contribution in [-0.4, -0.2) is 36.2 Å². The van der Waals surface area contributed by atoms with E-state index in [1.807, 2.05) is 0 Å². The molecule has 0 saturated heterocycles. The molecule has 0 heterocycles. The van der Waals surface area contributed by atoms with Gasteiger partial charge in [0.1, 0.15) is 12.4 Å². The average Bonchev–Trinajstić information content (AvgIpc) is 2.25. The van der Waals surface area contributed by atoms with Crippen LogP contribution in [-0.2, 0) is 20.0 Å². The predicted molar refractivity (Wildman–Crippen MR) is 75.6 cm³/mol. The summed E-state index contributed by atoms with van der Waals surface area (Å²) in [6.45, 7) is 3.57. The molecular weight excluding hydrogens is 304 g/mol. The van der Waals surface area contributed by atoms with Crippen molar-refractivity contribution in [3.8, 4) is 5.75 Å². The molecule has 0 bridgehead atoms. The van der Waals surface area contributed by atoms with Gasteiger partial charge in [-0.25, -0.2) is 26.7 Å². The summed E-state index contributed by atoms with van der Waals surface area (Å²) in [5.41, 5.74) is 1.09. The van der Waals surface area contributed by atoms with Gasteiger partial charge in [-0.15, -0.1) is 0 Å². The zero-order valence-electron chi connectivity index (χ0n) is 11.5. The van der Waals surface area contributed by atoms with Gasteiger partial charge < -0.3 is 4.74 Å². The maximum absolute atomic E-state index is 11.3. The second kappa shape index (κ2) is 6.08. The molecule has 1 aromatic rings. The number of nitrogens with two attached hydrogens (primary N) is 1. The van der Waals surface area contributed by atoms with Crippen LogP contribution >= 0.6 is 0 Å². The first-order valence-electron chi connectivity index (χ1n) is 5.72. The van der Waals surface area contributed by atoms with E-state index >= 15 is 0 Å². The molecule has 7 nitrogen and oxygen atoms in total. The van der Waals surface area contributed by atoms with Crippen LogP contribution in [0.3, 0.4) is 0 Å². The van der Waals surface area contributed by atoms with Crippen molar-refractivity contribution in [3.05, 3.63) is 23.3 Å². The van der Waals surface area contributed by atoms with E-state index in [-0.39, 0.29) is 18.0 Å². The first-order chi connectivity index (χ1) is 9.00. The van der Waals surface area contributed by atoms with Crippen molar-refractivity contribution in [2.75, 3.05) is 19.4 Å². The summed E-state index contributed by atoms with van der Waals surface area (Å²) >= 11 is 0. The van der Waals surface area contributed by atoms with Crippen molar-refractivity contribution in [2.45, 2.75) is 18.7 Å². The molecule has 1 aromatic carbocycles. The van der Waals surface area contributed by atoms with Crippen LogP contribution in [0.15, 0.2) is 17.0 Å². The van der Waals surface area contributed by atoms with E-state index in [4.69, 9.17) is 9.88 Å². The largest absolute Gasteiger partial charge is 0.492 e. The van der Waals surface area contributed by atoms with Crippen molar-refractivity contribution in [2.24, 2.45) is 5.14 Å². The number of aryl methyl sites for hydroxylation is 2. The molecule has 9 heteroatoms. The second-order valence-corrected chi connectivity index (χ2v) is 7.81. The molecule has 0 aliphatic carbocycles. The SMILES string of the molecule is Cc1cc(S(N)(=O)=O)c(C)cc1OCCNS(C)(=O)=O. The number of hydrogen-bond donors (Lipinski definition) is 2. The van der Waals surface area contributed by atoms with Crippen molar-refractivity contribution in [1.82, 2.24) is 4.72 Å². The molecule has 0 atom stereocenters. The Morgan fingerprint density at radius 3 is 2.25 bits per heavy atom. The molecule has 0 amide bonds. The number of benzene rings is 1. The van der Waals surface area contributed by atoms with Gasteiger partial charge in [-0.05, 0) is 37.1 Å². The van der Waals surface area contributed by atoms with Crippen molar-refractivity contribution < 1.29 is 21.6 Å². The summed E-state index contributed by atoms with van der Waals surface area (Å²) in [5.74, 6) is 0.491. The maximum atomic E-state index is 11.3. The smallest absolute Gasteiger partial charge is 0.238 e. The van der Waals surface area contributed by atoms with E-state index in [1.54, 1.807) is 19.9 Å². The first-order valence-corrected chi connectivity index (χ1v) is 9.16. The summed E-state index contributed by atoms with van der Waals surface area (Å²) in [7, 11) is -7.01. The van der Waals surface area contributed by atoms with Crippen molar-refractivity contribution in [3.63, 3.8) is 0 Å². The third kappa shape index (κ3) is 5.08. The van der Waals surface area contributed by atoms with Crippen molar-refractivity contribution >= 4 is 20.0 Å². The quantitative estimate of drug-likeness (QED) is 0.708. The number of nitrogens with one attached hydrogen (secondary N) is 1. The van der Waals surface area contributed by atoms with Crippen molar-refractivity contribution in [1.29, 1.82) is 0 Å². The summed E-state index contributed by atoms with van der Waals surface area (Å²) in [5, 5.41) is 5.10. The average molecular weight is 322 g/mol. The highest BCUT2D eigenvalue weighted by Gasteiger charge is 2.14. The lowest BCUT2D eigenvalue weighted by atomic mass is 10.1. The van der Waals surface area contributed by atoms with Gasteiger partial charge >= 0.3 is 0 Å². The maximum Gasteiger partial charge on any atom is 0.238 e. The van der Waals surface area contributed by atoms with Crippen LogP contribution in [0.1, 0.15) is 11.1 Å². The van der Waals surface area contributed by atoms with E-state index in [9.17, 15) is 16.8 Å². The molecule has 114 valence electrons. The molecule has 0 unspecified atom stereocenters. The molecule has 0 aliphatic rings. The monoisotopic (exact) mass is 322 g/mol. The van der Waals surface area contributed by atoms with Gasteiger partial charge in [0.05, 0.1) is 11.2 Å². The highest BCUT2D eigenvalue weighted by atomic mass is 32.2. The predicted octanol–water partition coefficient (Wildman–Crippen LogP) is -0.121. The van der Waals surface area contributed by atoms with E-state index in [1.165, 1.54) is 6.07 Å². The third-order valence-electron chi connectivity index (χ3n) is 2.50. The Hall–Kier alpha value is -1.16. The minimum Gasteiger partial charge on any atom is -0.492 e. The fourth-order valence-electron chi connectivity index (χ4n) is 1.61. The van der Waals surface area contributed by atoms with E-state index in [0.717, 1.165) is 6.26 Å². The molecule has 0 spiro atoms. The lowest BCUT2D eigenvalue weighted by molar-refractivity contribution is 0.320. The third-order valence-corrected chi connectivity index (χ3v) is 4.28. The molecule has 0 aromatic heterocycles. The Kier molecular flexibility index (Phi) is 5.14. The van der Waals surface area contributed by atoms with E-state index in [2.05, 4.69) is 4.72 Å². The Morgan fingerprint density at radius 1 is 1.15 bits per heavy atom. The van der Waals surface area contributed by atoms with Gasteiger partial charge in [0, 0.05) is 6.54 Å². The van der Waals surface area contributed by atoms with E-state index < -0.39 is 20.0 Å². The van der Waals surface area contributed by atoms with Crippen LogP contribution in [0.2, 0.25) is 0 Å². The van der Waals surface area contributed by atoms with Crippen LogP contribution in [0, 0.1) is 13.8 Å². The standard InChI is InChI=1S/C11H18N2O5S2/c1-8-7-11(20(12,16)17)9(2)6-10(8)18-5-4-13-19(3,14)15/h6-7,13H,4-5H2,1-3H3,(H2,12,16,17). The molecular formula is C11H18N2O5S2. The highest BCUT2D eigenvalue weighted by molar-refractivity contribution is 7.89. The summed E-state index contributed by atoms with van der Waals surface area (Å²) < 4.78 is 52.2. The number of ether oxygens (including phenoxy) is 1. The van der Waals surface area contributed by atoms with Crippen LogP contribution in [0.4, 0.5) is 0 Å². The van der Waals surface area contributed by atoms with E-state index in [0.29, 0.717) is 16.9 Å². The Morgan fingerprint density at radius 2 is 1.75 bits per heavy atom. The normalized spacial score (nSPS) is 12.4. The molecule has 20 heavy (non-hydrogen) atoms. The Labute approximate surface area is 119 Å². The molecule has 1 rings (SSSR count). The number of hydrogen-bond acceptors (Lipinski definition) is 5. The first kappa shape index (κ1) is 16.9. The lowest BCUT2D eigenvalue weighted by Crippen LogP contribution is -2.27. The zero-order valence-corrected chi connectivity index (χ0v) is 13.1. The van der Waals surface area contributed by atoms with Gasteiger partial charge in [0.15, 0.2) is 0 Å². The van der Waals surface area contributed by atoms with Gasteiger partial charge in [0.25, 0.3) is 0 Å². The minimum atomic E-state index is -3.76. The minimum absolute atomic E-state index is 0.0524. The fraction of sp³-hybridized carbons (Fsp3) is 0.455. The number of primary sulfonamides is 1. The summed E-state index contributed by atoms with van der Waals surface area (Å²) in [6, 6.07) is 3.00. The lowest BCUT2D eigenvalue weighted by Gasteiger charge is -2.12. The molecule has 0 saturated carbocycles. The van der Waals surface area contributed by atoms with Gasteiger partial charge in [0.2, 0.25) is 20.0 Å². The van der Waals surface area contributed by atoms with Crippen LogP contribution in [0.5, 0.6) is 5.75 Å². The molecule has 0 radical (unpaired) electrons. The second-order valence-electron chi connectivity index (χ2n) is 4.44. The van der Waals surface area contributed by atoms with Gasteiger partial charge in [-0.3, -0.25) is 0 Å². The number of rotatable bonds is 6. The van der Waals surface area contributed by atoms with Crippen LogP contribution in [0.25, 0.3) is 0 Å². The van der Waals surface area contributed by atoms with Crippen LogP contribution < -0.4 is 14.6 Å². The Bertz CT molecular complexity index is 696. The molecule has 0 aliphatic heterocycles. The zero-order chi connectivity index (χ0) is 15.6. The molecule has 3 N–H and O–H groups in total. The summed E-state index contributed by atoms with van der Waals surface area (Å²) in [6.07, 6.45) is 1.06. The molecule has 0 fully saturated rings. The Balaban J connectivity index is 2.81. The summed E-state index contributed by atoms with van der Waals surface area (Å²) in [4.78, 5) is 0.0524. The van der Waals surface area contributed by atoms with Gasteiger partial charge in [-0.1, -0.05) is 0 Å². The highest BCUT2D eigenvalue weighted by Crippen LogP contribution is 2.25. The number of sulfonamides is 2.